The molecule has 52 valence electrons. The van der Waals surface area contributed by atoms with Crippen LogP contribution in [0.15, 0.2) is 48.6 Å². The Labute approximate surface area is 62.3 Å². The molecule has 0 atom stereocenters. The summed E-state index contributed by atoms with van der Waals surface area (Å²) in [5.41, 5.74) is 0. The second-order valence-electron chi connectivity index (χ2n) is 2.20. The lowest BCUT2D eigenvalue weighted by Crippen LogP contribution is -1.64. The summed E-state index contributed by atoms with van der Waals surface area (Å²) in [5.74, 6) is 0. The van der Waals surface area contributed by atoms with E-state index in [4.69, 9.17) is 0 Å². The van der Waals surface area contributed by atoms with Gasteiger partial charge in [-0.3, -0.25) is 0 Å². The Morgan fingerprint density at radius 3 is 1.40 bits per heavy atom. The predicted molar refractivity (Wildman–Crippen MR) is 45.8 cm³/mol. The van der Waals surface area contributed by atoms with Crippen molar-refractivity contribution in [2.75, 3.05) is 0 Å². The first-order valence-electron chi connectivity index (χ1n) is 3.65. The maximum atomic E-state index is 2.18. The first kappa shape index (κ1) is 7.07. The number of hydrogen-bond acceptors (Lipinski definition) is 0. The van der Waals surface area contributed by atoms with Gasteiger partial charge >= 0.3 is 0 Å². The lowest BCUT2D eigenvalue weighted by Gasteiger charge is -1.85. The standard InChI is InChI=1S/C10H12/c1-2-4-6-8-10-9-7-5-3-1/h1-8H,9-10H2. The first-order valence-corrected chi connectivity index (χ1v) is 3.65. The van der Waals surface area contributed by atoms with E-state index >= 15 is 0 Å². The molecule has 0 aromatic carbocycles. The van der Waals surface area contributed by atoms with Crippen LogP contribution in [-0.4, -0.2) is 0 Å². The van der Waals surface area contributed by atoms with E-state index < -0.39 is 0 Å². The molecule has 0 saturated heterocycles. The summed E-state index contributed by atoms with van der Waals surface area (Å²) < 4.78 is 0. The van der Waals surface area contributed by atoms with Crippen molar-refractivity contribution in [3.05, 3.63) is 48.6 Å². The minimum atomic E-state index is 1.15. The van der Waals surface area contributed by atoms with Crippen molar-refractivity contribution in [2.45, 2.75) is 12.8 Å². The van der Waals surface area contributed by atoms with Gasteiger partial charge in [-0.25, -0.2) is 0 Å². The Balaban J connectivity index is 2.53. The fourth-order valence-corrected chi connectivity index (χ4v) is 0.799. The van der Waals surface area contributed by atoms with Crippen molar-refractivity contribution in [1.82, 2.24) is 0 Å². The van der Waals surface area contributed by atoms with Crippen molar-refractivity contribution in [1.29, 1.82) is 0 Å². The molecule has 0 aromatic rings. The highest BCUT2D eigenvalue weighted by molar-refractivity contribution is 5.16. The van der Waals surface area contributed by atoms with Crippen LogP contribution in [0.5, 0.6) is 0 Å². The summed E-state index contributed by atoms with van der Waals surface area (Å²) in [6.07, 6.45) is 19.0. The monoisotopic (exact) mass is 132 g/mol. The van der Waals surface area contributed by atoms with Crippen LogP contribution in [0, 0.1) is 0 Å². The van der Waals surface area contributed by atoms with Crippen molar-refractivity contribution in [2.24, 2.45) is 0 Å². The fourth-order valence-electron chi connectivity index (χ4n) is 0.799. The molecule has 0 N–H and O–H groups in total. The maximum absolute atomic E-state index is 2.18. The van der Waals surface area contributed by atoms with Gasteiger partial charge in [0.2, 0.25) is 0 Å². The van der Waals surface area contributed by atoms with Crippen LogP contribution in [-0.2, 0) is 0 Å². The smallest absolute Gasteiger partial charge is 0.0313 e. The molecule has 10 heavy (non-hydrogen) atoms. The van der Waals surface area contributed by atoms with Gasteiger partial charge in [0.1, 0.15) is 0 Å². The minimum absolute atomic E-state index is 1.15. The molecule has 0 fully saturated rings. The molecule has 0 aromatic heterocycles. The SMILES string of the molecule is C1=CC=CCCC=CC=C1. The van der Waals surface area contributed by atoms with E-state index in [1.165, 1.54) is 0 Å². The van der Waals surface area contributed by atoms with E-state index in [2.05, 4.69) is 36.5 Å². The highest BCUT2D eigenvalue weighted by Crippen LogP contribution is 1.95. The van der Waals surface area contributed by atoms with Gasteiger partial charge in [0.05, 0.1) is 0 Å². The van der Waals surface area contributed by atoms with Gasteiger partial charge in [-0.05, 0) is 12.8 Å². The third-order valence-corrected chi connectivity index (χ3v) is 1.33. The molecule has 0 aliphatic heterocycles. The third-order valence-electron chi connectivity index (χ3n) is 1.33. The van der Waals surface area contributed by atoms with Gasteiger partial charge < -0.3 is 0 Å². The molecule has 1 aliphatic rings. The summed E-state index contributed by atoms with van der Waals surface area (Å²) in [6.45, 7) is 0. The van der Waals surface area contributed by atoms with E-state index in [0.717, 1.165) is 12.8 Å². The Morgan fingerprint density at radius 2 is 0.900 bits per heavy atom. The van der Waals surface area contributed by atoms with Crippen molar-refractivity contribution >= 4 is 0 Å². The molecule has 0 saturated carbocycles. The molecule has 0 heteroatoms. The fraction of sp³-hybridized carbons (Fsp3) is 0.200. The Kier molecular flexibility index (Phi) is 3.40. The number of allylic oxidation sites excluding steroid dienone is 8. The Morgan fingerprint density at radius 1 is 0.500 bits per heavy atom. The van der Waals surface area contributed by atoms with Crippen molar-refractivity contribution in [3.8, 4) is 0 Å². The summed E-state index contributed by atoms with van der Waals surface area (Å²) in [4.78, 5) is 0. The molecule has 1 rings (SSSR count). The van der Waals surface area contributed by atoms with Gasteiger partial charge in [0, 0.05) is 0 Å². The zero-order valence-corrected chi connectivity index (χ0v) is 6.03. The topological polar surface area (TPSA) is 0 Å². The van der Waals surface area contributed by atoms with Crippen LogP contribution in [0.3, 0.4) is 0 Å². The molecule has 0 spiro atoms. The van der Waals surface area contributed by atoms with E-state index in [9.17, 15) is 0 Å². The molecular weight excluding hydrogens is 120 g/mol. The van der Waals surface area contributed by atoms with Gasteiger partial charge in [0.25, 0.3) is 0 Å². The number of hydrogen-bond donors (Lipinski definition) is 0. The second kappa shape index (κ2) is 4.80. The molecule has 0 heterocycles. The molecule has 0 radical (unpaired) electrons. The van der Waals surface area contributed by atoms with Crippen LogP contribution in [0.1, 0.15) is 12.8 Å². The Bertz CT molecular complexity index is 158. The molecule has 0 bridgehead atoms. The summed E-state index contributed by atoms with van der Waals surface area (Å²) in [7, 11) is 0. The third kappa shape index (κ3) is 3.08. The van der Waals surface area contributed by atoms with Gasteiger partial charge in [-0.15, -0.1) is 0 Å². The summed E-state index contributed by atoms with van der Waals surface area (Å²) in [6, 6.07) is 0. The van der Waals surface area contributed by atoms with Crippen molar-refractivity contribution < 1.29 is 0 Å². The first-order chi connectivity index (χ1) is 5.00. The highest BCUT2D eigenvalue weighted by Gasteiger charge is 1.74. The van der Waals surface area contributed by atoms with E-state index in [-0.39, 0.29) is 0 Å². The normalized spacial score (nSPS) is 17.6. The largest absolute Gasteiger partial charge is 0.0842 e. The maximum Gasteiger partial charge on any atom is -0.0313 e. The second-order valence-corrected chi connectivity index (χ2v) is 2.20. The van der Waals surface area contributed by atoms with Gasteiger partial charge in [-0.1, -0.05) is 48.6 Å². The molecule has 1 aliphatic carbocycles. The van der Waals surface area contributed by atoms with Crippen LogP contribution >= 0.6 is 0 Å². The molecular formula is C10H12. The lowest BCUT2D eigenvalue weighted by molar-refractivity contribution is 1.05. The quantitative estimate of drug-likeness (QED) is 0.475. The zero-order chi connectivity index (χ0) is 7.07. The van der Waals surface area contributed by atoms with Gasteiger partial charge in [0.15, 0.2) is 0 Å². The minimum Gasteiger partial charge on any atom is -0.0842 e. The van der Waals surface area contributed by atoms with Crippen LogP contribution in [0.4, 0.5) is 0 Å². The average molecular weight is 132 g/mol. The Hall–Kier alpha value is -1.04. The molecule has 0 unspecified atom stereocenters. The van der Waals surface area contributed by atoms with E-state index in [0.29, 0.717) is 0 Å². The van der Waals surface area contributed by atoms with Crippen molar-refractivity contribution in [3.63, 3.8) is 0 Å². The average Bonchev–Trinajstić information content (AvgIpc) is 2.01. The van der Waals surface area contributed by atoms with Gasteiger partial charge in [-0.2, -0.15) is 0 Å². The lowest BCUT2D eigenvalue weighted by atomic mass is 10.2. The summed E-state index contributed by atoms with van der Waals surface area (Å²) >= 11 is 0. The van der Waals surface area contributed by atoms with E-state index in [1.54, 1.807) is 0 Å². The highest BCUT2D eigenvalue weighted by atomic mass is 13.8. The number of rotatable bonds is 0. The molecule has 0 nitrogen and oxygen atoms in total. The predicted octanol–water partition coefficient (Wildman–Crippen LogP) is 3.01. The van der Waals surface area contributed by atoms with Crippen LogP contribution in [0.25, 0.3) is 0 Å². The zero-order valence-electron chi connectivity index (χ0n) is 6.03. The van der Waals surface area contributed by atoms with E-state index in [1.807, 2.05) is 12.2 Å². The molecule has 0 amide bonds. The van der Waals surface area contributed by atoms with Crippen LogP contribution in [0.2, 0.25) is 0 Å². The summed E-state index contributed by atoms with van der Waals surface area (Å²) in [5, 5.41) is 0. The van der Waals surface area contributed by atoms with Crippen LogP contribution < -0.4 is 0 Å².